The first-order chi connectivity index (χ1) is 17.7. The lowest BCUT2D eigenvalue weighted by molar-refractivity contribution is -0.146. The molecule has 3 N–H and O–H groups in total. The number of nitrogens with one attached hydrogen (secondary N) is 3. The summed E-state index contributed by atoms with van der Waals surface area (Å²) >= 11 is 0. The molecule has 1 aliphatic heterocycles. The molecule has 2 aromatic heterocycles. The smallest absolute Gasteiger partial charge is 0.383 e. The Labute approximate surface area is 213 Å². The van der Waals surface area contributed by atoms with Gasteiger partial charge in [0.25, 0.3) is 5.56 Å². The van der Waals surface area contributed by atoms with Crippen LogP contribution in [-0.2, 0) is 22.0 Å². The molecule has 0 aliphatic carbocycles. The largest absolute Gasteiger partial charge is 0.423 e. The minimum absolute atomic E-state index is 0.00348. The predicted molar refractivity (Wildman–Crippen MR) is 123 cm³/mol. The van der Waals surface area contributed by atoms with Crippen molar-refractivity contribution < 1.29 is 36.0 Å². The number of hydroxylamine groups is 1. The molecule has 0 unspecified atom stereocenters. The third kappa shape index (κ3) is 7.11. The Bertz CT molecular complexity index is 1140. The van der Waals surface area contributed by atoms with Crippen molar-refractivity contribution in [3.8, 4) is 0 Å². The van der Waals surface area contributed by atoms with Crippen LogP contribution < -0.4 is 21.3 Å². The summed E-state index contributed by atoms with van der Waals surface area (Å²) < 4.78 is 77.3. The van der Waals surface area contributed by atoms with Crippen LogP contribution >= 0.6 is 0 Å². The average molecular weight is 551 g/mol. The standard InChI is InChI=1S/C22H27F6N7O3/c1-20(2,13-4-7-35(8-5-13)19-30-10-14(11-31-19)21(23,24)25)18(37)34-38-9-3-6-29-15-12-32-33-17(36)16(15)22(26,27)28/h10-13H,3-9H2,1-2H3,(H,34,37)(H2,29,33,36). The molecule has 0 spiro atoms. The summed E-state index contributed by atoms with van der Waals surface area (Å²) in [4.78, 5) is 38.8. The molecule has 38 heavy (non-hydrogen) atoms. The number of anilines is 2. The third-order valence-electron chi connectivity index (χ3n) is 6.39. The lowest BCUT2D eigenvalue weighted by Crippen LogP contribution is -2.46. The van der Waals surface area contributed by atoms with Crippen molar-refractivity contribution in [1.29, 1.82) is 0 Å². The van der Waals surface area contributed by atoms with Crippen molar-refractivity contribution >= 4 is 17.5 Å². The van der Waals surface area contributed by atoms with E-state index in [1.807, 2.05) is 0 Å². The summed E-state index contributed by atoms with van der Waals surface area (Å²) in [5, 5.41) is 7.60. The van der Waals surface area contributed by atoms with Crippen LogP contribution in [0.3, 0.4) is 0 Å². The number of aromatic nitrogens is 4. The Morgan fingerprint density at radius 3 is 2.29 bits per heavy atom. The van der Waals surface area contributed by atoms with Crippen LogP contribution in [0.2, 0.25) is 0 Å². The van der Waals surface area contributed by atoms with E-state index in [9.17, 15) is 35.9 Å². The quantitative estimate of drug-likeness (QED) is 0.246. The molecule has 0 saturated carbocycles. The first-order valence-electron chi connectivity index (χ1n) is 11.7. The van der Waals surface area contributed by atoms with Gasteiger partial charge in [-0.05, 0) is 25.2 Å². The lowest BCUT2D eigenvalue weighted by Gasteiger charge is -2.39. The van der Waals surface area contributed by atoms with Gasteiger partial charge in [-0.2, -0.15) is 31.4 Å². The number of aromatic amines is 1. The number of piperidine rings is 1. The minimum Gasteiger partial charge on any atom is -0.383 e. The topological polar surface area (TPSA) is 125 Å². The number of alkyl halides is 6. The van der Waals surface area contributed by atoms with Gasteiger partial charge in [-0.15, -0.1) is 0 Å². The molecule has 3 rings (SSSR count). The highest BCUT2D eigenvalue weighted by Gasteiger charge is 2.40. The average Bonchev–Trinajstić information content (AvgIpc) is 2.84. The van der Waals surface area contributed by atoms with Crippen LogP contribution in [0.25, 0.3) is 0 Å². The SMILES string of the molecule is CC(C)(C(=O)NOCCCNc1cn[nH]c(=O)c1C(F)(F)F)C1CCN(c2ncc(C(F)(F)F)cn2)CC1. The van der Waals surface area contributed by atoms with E-state index in [4.69, 9.17) is 4.84 Å². The van der Waals surface area contributed by atoms with Gasteiger partial charge in [0, 0.05) is 37.4 Å². The fraction of sp³-hybridized carbons (Fsp3) is 0.591. The molecule has 10 nitrogen and oxygen atoms in total. The summed E-state index contributed by atoms with van der Waals surface area (Å²) in [5.74, 6) is -0.246. The van der Waals surface area contributed by atoms with E-state index in [0.29, 0.717) is 25.9 Å². The molecule has 0 atom stereocenters. The van der Waals surface area contributed by atoms with Gasteiger partial charge in [0.1, 0.15) is 5.56 Å². The van der Waals surface area contributed by atoms with Crippen molar-refractivity contribution in [2.24, 2.45) is 11.3 Å². The maximum Gasteiger partial charge on any atom is 0.423 e. The normalized spacial score (nSPS) is 15.4. The first-order valence-corrected chi connectivity index (χ1v) is 11.7. The van der Waals surface area contributed by atoms with Crippen molar-refractivity contribution in [3.63, 3.8) is 0 Å². The number of carbonyl (C=O) groups is 1. The summed E-state index contributed by atoms with van der Waals surface area (Å²) in [6.45, 7) is 4.43. The first kappa shape index (κ1) is 29.1. The van der Waals surface area contributed by atoms with Gasteiger partial charge in [0.15, 0.2) is 0 Å². The van der Waals surface area contributed by atoms with E-state index in [1.54, 1.807) is 23.8 Å². The van der Waals surface area contributed by atoms with Crippen LogP contribution in [0.5, 0.6) is 0 Å². The summed E-state index contributed by atoms with van der Waals surface area (Å²) in [6.07, 6.45) is -5.66. The maximum absolute atomic E-state index is 13.0. The molecule has 3 heterocycles. The van der Waals surface area contributed by atoms with Gasteiger partial charge in [0.05, 0.1) is 24.1 Å². The van der Waals surface area contributed by atoms with Crippen LogP contribution in [-0.4, -0.2) is 52.3 Å². The molecule has 1 fully saturated rings. The molecule has 1 aliphatic rings. The highest BCUT2D eigenvalue weighted by atomic mass is 19.4. The van der Waals surface area contributed by atoms with Gasteiger partial charge in [0.2, 0.25) is 11.9 Å². The zero-order valence-electron chi connectivity index (χ0n) is 20.5. The van der Waals surface area contributed by atoms with Crippen molar-refractivity contribution in [3.05, 3.63) is 40.1 Å². The fourth-order valence-electron chi connectivity index (χ4n) is 4.05. The molecule has 16 heteroatoms. The summed E-state index contributed by atoms with van der Waals surface area (Å²) in [7, 11) is 0. The number of H-pyrrole nitrogens is 1. The van der Waals surface area contributed by atoms with Crippen LogP contribution in [0.15, 0.2) is 23.4 Å². The van der Waals surface area contributed by atoms with E-state index in [2.05, 4.69) is 25.9 Å². The molecular weight excluding hydrogens is 524 g/mol. The van der Waals surface area contributed by atoms with Crippen LogP contribution in [0.4, 0.5) is 38.0 Å². The zero-order valence-corrected chi connectivity index (χ0v) is 20.5. The second-order valence-electron chi connectivity index (χ2n) is 9.30. The van der Waals surface area contributed by atoms with Crippen LogP contribution in [0, 0.1) is 11.3 Å². The van der Waals surface area contributed by atoms with E-state index < -0.39 is 40.1 Å². The Balaban J connectivity index is 1.41. The number of hydrogen-bond acceptors (Lipinski definition) is 8. The van der Waals surface area contributed by atoms with Gasteiger partial charge >= 0.3 is 12.4 Å². The van der Waals surface area contributed by atoms with E-state index >= 15 is 0 Å². The molecule has 0 bridgehead atoms. The summed E-state index contributed by atoms with van der Waals surface area (Å²) in [5.41, 5.74) is -2.58. The Kier molecular flexibility index (Phi) is 8.84. The Morgan fingerprint density at radius 2 is 1.71 bits per heavy atom. The lowest BCUT2D eigenvalue weighted by atomic mass is 9.73. The van der Waals surface area contributed by atoms with Gasteiger partial charge in [-0.1, -0.05) is 13.8 Å². The second kappa shape index (κ2) is 11.5. The Morgan fingerprint density at radius 1 is 1.08 bits per heavy atom. The number of rotatable bonds is 9. The van der Waals surface area contributed by atoms with E-state index in [-0.39, 0.29) is 37.3 Å². The zero-order chi connectivity index (χ0) is 28.1. The van der Waals surface area contributed by atoms with Crippen molar-refractivity contribution in [2.75, 3.05) is 36.5 Å². The van der Waals surface area contributed by atoms with E-state index in [1.165, 1.54) is 0 Å². The van der Waals surface area contributed by atoms with Crippen molar-refractivity contribution in [2.45, 2.75) is 45.5 Å². The number of nitrogens with zero attached hydrogens (tertiary/aromatic N) is 4. The van der Waals surface area contributed by atoms with Crippen LogP contribution in [0.1, 0.15) is 44.2 Å². The molecule has 1 amide bonds. The van der Waals surface area contributed by atoms with Gasteiger partial charge in [-0.25, -0.2) is 20.5 Å². The highest BCUT2D eigenvalue weighted by molar-refractivity contribution is 5.81. The number of halogens is 6. The number of amides is 1. The second-order valence-corrected chi connectivity index (χ2v) is 9.30. The summed E-state index contributed by atoms with van der Waals surface area (Å²) in [6, 6.07) is 0. The number of carbonyl (C=O) groups excluding carboxylic acids is 1. The number of hydrogen-bond donors (Lipinski definition) is 3. The predicted octanol–water partition coefficient (Wildman–Crippen LogP) is 3.39. The van der Waals surface area contributed by atoms with E-state index in [0.717, 1.165) is 18.6 Å². The maximum atomic E-state index is 13.0. The molecule has 0 aromatic carbocycles. The monoisotopic (exact) mass is 551 g/mol. The van der Waals surface area contributed by atoms with Gasteiger partial charge in [-0.3, -0.25) is 14.4 Å². The molecule has 0 radical (unpaired) electrons. The van der Waals surface area contributed by atoms with Gasteiger partial charge < -0.3 is 10.2 Å². The highest BCUT2D eigenvalue weighted by Crippen LogP contribution is 2.36. The molecule has 2 aromatic rings. The fourth-order valence-corrected chi connectivity index (χ4v) is 4.05. The Hall–Kier alpha value is -3.43. The molecule has 210 valence electrons. The molecule has 1 saturated heterocycles. The van der Waals surface area contributed by atoms with Crippen molar-refractivity contribution in [1.82, 2.24) is 25.6 Å². The molecular formula is C22H27F6N7O3. The minimum atomic E-state index is -4.85. The third-order valence-corrected chi connectivity index (χ3v) is 6.39.